The lowest BCUT2D eigenvalue weighted by molar-refractivity contribution is 0.0636. The predicted octanol–water partition coefficient (Wildman–Crippen LogP) is 3.36. The van der Waals surface area contributed by atoms with E-state index in [0.29, 0.717) is 13.1 Å². The lowest BCUT2D eigenvalue weighted by Crippen LogP contribution is -2.44. The van der Waals surface area contributed by atoms with Crippen molar-refractivity contribution in [2.75, 3.05) is 13.1 Å². The second-order valence-corrected chi connectivity index (χ2v) is 8.53. The molecule has 0 saturated carbocycles. The Labute approximate surface area is 162 Å². The minimum absolute atomic E-state index is 0.124. The number of carbonyl (C=O) groups is 2. The number of rotatable bonds is 3. The lowest BCUT2D eigenvalue weighted by atomic mass is 9.91. The van der Waals surface area contributed by atoms with Crippen LogP contribution in [0.3, 0.4) is 0 Å². The zero-order chi connectivity index (χ0) is 19.0. The first-order chi connectivity index (χ1) is 13.0. The summed E-state index contributed by atoms with van der Waals surface area (Å²) < 4.78 is 0. The van der Waals surface area contributed by atoms with Crippen molar-refractivity contribution in [3.63, 3.8) is 0 Å². The molecule has 6 heteroatoms. The number of ketones is 1. The third kappa shape index (κ3) is 3.50. The molecule has 27 heavy (non-hydrogen) atoms. The summed E-state index contributed by atoms with van der Waals surface area (Å²) in [6.45, 7) is 2.94. The van der Waals surface area contributed by atoms with E-state index in [1.807, 2.05) is 18.4 Å². The summed E-state index contributed by atoms with van der Waals surface area (Å²) in [5.41, 5.74) is 2.98. The Kier molecular flexibility index (Phi) is 5.00. The van der Waals surface area contributed by atoms with Gasteiger partial charge >= 0.3 is 0 Å². The summed E-state index contributed by atoms with van der Waals surface area (Å²) in [4.78, 5) is 43.7. The van der Waals surface area contributed by atoms with Gasteiger partial charge in [-0.05, 0) is 74.1 Å². The molecule has 2 aliphatic rings. The zero-order valence-corrected chi connectivity index (χ0v) is 16.4. The first-order valence-corrected chi connectivity index (χ1v) is 10.5. The zero-order valence-electron chi connectivity index (χ0n) is 15.5. The fraction of sp³-hybridized carbons (Fsp3) is 0.476. The number of likely N-dealkylation sites (tertiary alicyclic amines) is 1. The van der Waals surface area contributed by atoms with Crippen molar-refractivity contribution in [1.29, 1.82) is 0 Å². The molecule has 0 radical (unpaired) electrons. The molecule has 1 unspecified atom stereocenters. The Morgan fingerprint density at radius 1 is 1.22 bits per heavy atom. The van der Waals surface area contributed by atoms with E-state index < -0.39 is 0 Å². The van der Waals surface area contributed by atoms with E-state index >= 15 is 0 Å². The molecule has 3 heterocycles. The molecule has 2 aromatic rings. The molecule has 1 N–H and O–H groups in total. The Morgan fingerprint density at radius 3 is 2.81 bits per heavy atom. The molecule has 1 aliphatic heterocycles. The molecule has 142 valence electrons. The van der Waals surface area contributed by atoms with Gasteiger partial charge in [0.1, 0.15) is 5.56 Å². The normalized spacial score (nSPS) is 19.6. The summed E-state index contributed by atoms with van der Waals surface area (Å²) in [5.74, 6) is -0.305. The maximum atomic E-state index is 13.0. The number of hydrogen-bond donors (Lipinski definition) is 1. The van der Waals surface area contributed by atoms with Crippen LogP contribution in [0, 0.1) is 12.8 Å². The largest absolute Gasteiger partial charge is 0.338 e. The number of Topliss-reactive ketones (excluding diaryl/α,β-unsaturated/α-hetero) is 1. The van der Waals surface area contributed by atoms with Gasteiger partial charge in [0.2, 0.25) is 0 Å². The highest BCUT2D eigenvalue weighted by molar-refractivity contribution is 7.12. The highest BCUT2D eigenvalue weighted by Gasteiger charge is 2.31. The minimum atomic E-state index is -0.303. The maximum absolute atomic E-state index is 13.0. The SMILES string of the molecule is Cc1ccsc1C(=O)C1CCCN(C(=O)c2cc3c([nH]c2=O)CCCC3)C1. The van der Waals surface area contributed by atoms with Gasteiger partial charge < -0.3 is 9.88 Å². The van der Waals surface area contributed by atoms with Crippen LogP contribution in [0.5, 0.6) is 0 Å². The Hall–Kier alpha value is -2.21. The smallest absolute Gasteiger partial charge is 0.261 e. The van der Waals surface area contributed by atoms with Crippen LogP contribution in [0.15, 0.2) is 22.3 Å². The molecule has 1 amide bonds. The average Bonchev–Trinajstić information content (AvgIpc) is 3.12. The number of piperidine rings is 1. The van der Waals surface area contributed by atoms with E-state index in [9.17, 15) is 14.4 Å². The summed E-state index contributed by atoms with van der Waals surface area (Å²) in [5, 5.41) is 1.93. The van der Waals surface area contributed by atoms with Gasteiger partial charge in [0, 0.05) is 24.7 Å². The van der Waals surface area contributed by atoms with Crippen LogP contribution in [0.4, 0.5) is 0 Å². The molecule has 0 bridgehead atoms. The van der Waals surface area contributed by atoms with Crippen molar-refractivity contribution in [1.82, 2.24) is 9.88 Å². The molecule has 1 aliphatic carbocycles. The molecular formula is C21H24N2O3S. The van der Waals surface area contributed by atoms with Crippen molar-refractivity contribution >= 4 is 23.0 Å². The van der Waals surface area contributed by atoms with Crippen LogP contribution in [0.1, 0.15) is 62.5 Å². The number of H-pyrrole nitrogens is 1. The summed E-state index contributed by atoms with van der Waals surface area (Å²) in [7, 11) is 0. The van der Waals surface area contributed by atoms with Gasteiger partial charge in [-0.1, -0.05) is 0 Å². The minimum Gasteiger partial charge on any atom is -0.338 e. The highest BCUT2D eigenvalue weighted by atomic mass is 32.1. The second-order valence-electron chi connectivity index (χ2n) is 7.61. The summed E-state index contributed by atoms with van der Waals surface area (Å²) >= 11 is 1.47. The van der Waals surface area contributed by atoms with E-state index in [0.717, 1.165) is 60.2 Å². The number of pyridine rings is 1. The molecule has 4 rings (SSSR count). The van der Waals surface area contributed by atoms with Gasteiger partial charge in [-0.2, -0.15) is 0 Å². The number of aryl methyl sites for hydroxylation is 3. The van der Waals surface area contributed by atoms with Crippen molar-refractivity contribution in [2.45, 2.75) is 45.4 Å². The Bertz CT molecular complexity index is 943. The van der Waals surface area contributed by atoms with Gasteiger partial charge in [0.25, 0.3) is 11.5 Å². The number of amides is 1. The van der Waals surface area contributed by atoms with Gasteiger partial charge in [-0.15, -0.1) is 11.3 Å². The third-order valence-corrected chi connectivity index (χ3v) is 6.76. The van der Waals surface area contributed by atoms with Crippen molar-refractivity contribution < 1.29 is 9.59 Å². The first kappa shape index (κ1) is 18.2. The maximum Gasteiger partial charge on any atom is 0.261 e. The quantitative estimate of drug-likeness (QED) is 0.825. The number of carbonyl (C=O) groups excluding carboxylic acids is 2. The topological polar surface area (TPSA) is 70.2 Å². The van der Waals surface area contributed by atoms with E-state index in [4.69, 9.17) is 0 Å². The number of aromatic amines is 1. The van der Waals surface area contributed by atoms with Crippen LogP contribution in [-0.4, -0.2) is 34.7 Å². The standard InChI is InChI=1S/C21H24N2O3S/c1-13-8-10-27-19(13)18(24)15-6-4-9-23(12-15)21(26)16-11-14-5-2-3-7-17(14)22-20(16)25/h8,10-11,15H,2-7,9,12H2,1H3,(H,22,25). The fourth-order valence-electron chi connectivity index (χ4n) is 4.19. The molecule has 2 aromatic heterocycles. The molecular weight excluding hydrogens is 360 g/mol. The van der Waals surface area contributed by atoms with Crippen molar-refractivity contribution in [3.05, 3.63) is 55.1 Å². The second kappa shape index (κ2) is 7.43. The van der Waals surface area contributed by atoms with E-state index in [2.05, 4.69) is 4.98 Å². The molecule has 1 fully saturated rings. The van der Waals surface area contributed by atoms with Crippen LogP contribution >= 0.6 is 11.3 Å². The number of thiophene rings is 1. The van der Waals surface area contributed by atoms with E-state index in [1.54, 1.807) is 11.0 Å². The summed E-state index contributed by atoms with van der Waals surface area (Å²) in [6.07, 6.45) is 5.53. The van der Waals surface area contributed by atoms with Gasteiger partial charge in [-0.3, -0.25) is 14.4 Å². The third-order valence-electron chi connectivity index (χ3n) is 5.73. The van der Waals surface area contributed by atoms with Gasteiger partial charge in [0.05, 0.1) is 4.88 Å². The number of nitrogens with one attached hydrogen (secondary N) is 1. The van der Waals surface area contributed by atoms with E-state index in [1.165, 1.54) is 11.3 Å². The fourth-order valence-corrected chi connectivity index (χ4v) is 5.14. The Morgan fingerprint density at radius 2 is 2.04 bits per heavy atom. The molecule has 5 nitrogen and oxygen atoms in total. The van der Waals surface area contributed by atoms with Crippen molar-refractivity contribution in [3.8, 4) is 0 Å². The van der Waals surface area contributed by atoms with Gasteiger partial charge in [0.15, 0.2) is 5.78 Å². The van der Waals surface area contributed by atoms with Crippen LogP contribution in [0.2, 0.25) is 0 Å². The molecule has 0 aromatic carbocycles. The number of hydrogen-bond acceptors (Lipinski definition) is 4. The van der Waals surface area contributed by atoms with Crippen LogP contribution in [0.25, 0.3) is 0 Å². The Balaban J connectivity index is 1.55. The number of fused-ring (bicyclic) bond motifs is 1. The first-order valence-electron chi connectivity index (χ1n) is 9.67. The van der Waals surface area contributed by atoms with Crippen LogP contribution in [-0.2, 0) is 12.8 Å². The van der Waals surface area contributed by atoms with Crippen LogP contribution < -0.4 is 5.56 Å². The number of aromatic nitrogens is 1. The predicted molar refractivity (Wildman–Crippen MR) is 106 cm³/mol. The number of nitrogens with zero attached hydrogens (tertiary/aromatic N) is 1. The summed E-state index contributed by atoms with van der Waals surface area (Å²) in [6, 6.07) is 3.74. The molecule has 1 atom stereocenters. The average molecular weight is 385 g/mol. The molecule has 1 saturated heterocycles. The van der Waals surface area contributed by atoms with Crippen molar-refractivity contribution in [2.24, 2.45) is 5.92 Å². The highest BCUT2D eigenvalue weighted by Crippen LogP contribution is 2.26. The van der Waals surface area contributed by atoms with E-state index in [-0.39, 0.29) is 28.7 Å². The van der Waals surface area contributed by atoms with Gasteiger partial charge in [-0.25, -0.2) is 0 Å². The molecule has 0 spiro atoms. The monoisotopic (exact) mass is 384 g/mol. The lowest BCUT2D eigenvalue weighted by Gasteiger charge is -2.32.